The van der Waals surface area contributed by atoms with Crippen LogP contribution in [0.1, 0.15) is 25.0 Å². The van der Waals surface area contributed by atoms with Gasteiger partial charge in [-0.25, -0.2) is 9.37 Å². The lowest BCUT2D eigenvalue weighted by molar-refractivity contribution is -0.129. The third-order valence-corrected chi connectivity index (χ3v) is 5.72. The number of rotatable bonds is 5. The summed E-state index contributed by atoms with van der Waals surface area (Å²) >= 11 is 3.17. The first kappa shape index (κ1) is 16.5. The molecule has 3 nitrogen and oxygen atoms in total. The standard InChI is InChI=1S/C17H19FN2OS2/c18-14-6-4-13(5-7-14)17-19-15(11-23-17)10-22-12-16(21)20-8-2-1-3-9-20/h4-7,11H,1-3,8-10,12H2. The molecule has 0 saturated carbocycles. The lowest BCUT2D eigenvalue weighted by Gasteiger charge is -2.26. The Morgan fingerprint density at radius 2 is 1.96 bits per heavy atom. The first-order valence-electron chi connectivity index (χ1n) is 7.78. The molecule has 6 heteroatoms. The average molecular weight is 350 g/mol. The van der Waals surface area contributed by atoms with E-state index in [9.17, 15) is 9.18 Å². The lowest BCUT2D eigenvalue weighted by atomic mass is 10.1. The first-order valence-corrected chi connectivity index (χ1v) is 9.82. The van der Waals surface area contributed by atoms with Gasteiger partial charge in [-0.2, -0.15) is 0 Å². The van der Waals surface area contributed by atoms with Gasteiger partial charge in [0.05, 0.1) is 11.4 Å². The second kappa shape index (κ2) is 7.93. The molecule has 2 aromatic rings. The van der Waals surface area contributed by atoms with E-state index in [0.29, 0.717) is 5.75 Å². The van der Waals surface area contributed by atoms with E-state index in [1.165, 1.54) is 18.6 Å². The van der Waals surface area contributed by atoms with Crippen molar-refractivity contribution >= 4 is 29.0 Å². The third kappa shape index (κ3) is 4.54. The van der Waals surface area contributed by atoms with E-state index in [1.54, 1.807) is 35.2 Å². The maximum atomic E-state index is 12.9. The second-order valence-corrected chi connectivity index (χ2v) is 7.43. The van der Waals surface area contributed by atoms with Crippen molar-refractivity contribution in [2.24, 2.45) is 0 Å². The molecule has 0 radical (unpaired) electrons. The zero-order chi connectivity index (χ0) is 16.1. The maximum Gasteiger partial charge on any atom is 0.232 e. The van der Waals surface area contributed by atoms with E-state index in [1.807, 2.05) is 10.3 Å². The van der Waals surface area contributed by atoms with Gasteiger partial charge >= 0.3 is 0 Å². The number of benzene rings is 1. The van der Waals surface area contributed by atoms with Crippen LogP contribution in [0.5, 0.6) is 0 Å². The van der Waals surface area contributed by atoms with Gasteiger partial charge in [-0.05, 0) is 43.5 Å². The van der Waals surface area contributed by atoms with Gasteiger partial charge in [0.15, 0.2) is 0 Å². The molecule has 122 valence electrons. The summed E-state index contributed by atoms with van der Waals surface area (Å²) in [5.74, 6) is 1.25. The van der Waals surface area contributed by atoms with E-state index in [-0.39, 0.29) is 11.7 Å². The van der Waals surface area contributed by atoms with E-state index < -0.39 is 0 Å². The Balaban J connectivity index is 1.49. The van der Waals surface area contributed by atoms with E-state index in [4.69, 9.17) is 0 Å². The molecule has 0 spiro atoms. The van der Waals surface area contributed by atoms with Crippen LogP contribution in [-0.2, 0) is 10.5 Å². The molecule has 0 atom stereocenters. The van der Waals surface area contributed by atoms with Crippen molar-refractivity contribution in [3.8, 4) is 10.6 Å². The largest absolute Gasteiger partial charge is 0.342 e. The number of halogens is 1. The van der Waals surface area contributed by atoms with Crippen molar-refractivity contribution in [2.45, 2.75) is 25.0 Å². The molecule has 1 saturated heterocycles. The Hall–Kier alpha value is -1.40. The summed E-state index contributed by atoms with van der Waals surface area (Å²) in [4.78, 5) is 18.6. The van der Waals surface area contributed by atoms with Crippen molar-refractivity contribution < 1.29 is 9.18 Å². The molecule has 2 heterocycles. The van der Waals surface area contributed by atoms with Crippen molar-refractivity contribution in [3.63, 3.8) is 0 Å². The van der Waals surface area contributed by atoms with Crippen molar-refractivity contribution in [1.29, 1.82) is 0 Å². The van der Waals surface area contributed by atoms with Crippen LogP contribution in [0.2, 0.25) is 0 Å². The molecule has 1 aromatic heterocycles. The molecule has 3 rings (SSSR count). The summed E-state index contributed by atoms with van der Waals surface area (Å²) < 4.78 is 12.9. The van der Waals surface area contributed by atoms with Crippen LogP contribution in [0.25, 0.3) is 10.6 Å². The number of piperidine rings is 1. The van der Waals surface area contributed by atoms with Crippen molar-refractivity contribution in [1.82, 2.24) is 9.88 Å². The van der Waals surface area contributed by atoms with Gasteiger partial charge < -0.3 is 4.90 Å². The number of thiazole rings is 1. The highest BCUT2D eigenvalue weighted by Crippen LogP contribution is 2.25. The molecule has 1 fully saturated rings. The summed E-state index contributed by atoms with van der Waals surface area (Å²) in [5.41, 5.74) is 1.91. The summed E-state index contributed by atoms with van der Waals surface area (Å²) in [7, 11) is 0. The quantitative estimate of drug-likeness (QED) is 0.810. The smallest absolute Gasteiger partial charge is 0.232 e. The number of likely N-dealkylation sites (tertiary alicyclic amines) is 1. The highest BCUT2D eigenvalue weighted by atomic mass is 32.2. The number of amides is 1. The Morgan fingerprint density at radius 1 is 1.22 bits per heavy atom. The van der Waals surface area contributed by atoms with Gasteiger partial charge in [-0.1, -0.05) is 0 Å². The predicted octanol–water partition coefficient (Wildman–Crippen LogP) is 4.19. The minimum atomic E-state index is -0.239. The van der Waals surface area contributed by atoms with Crippen molar-refractivity contribution in [2.75, 3.05) is 18.8 Å². The molecule has 23 heavy (non-hydrogen) atoms. The van der Waals surface area contributed by atoms with Gasteiger partial charge in [0, 0.05) is 29.8 Å². The fourth-order valence-electron chi connectivity index (χ4n) is 2.58. The Bertz CT molecular complexity index is 651. The first-order chi connectivity index (χ1) is 11.2. The van der Waals surface area contributed by atoms with E-state index in [0.717, 1.165) is 47.9 Å². The lowest BCUT2D eigenvalue weighted by Crippen LogP contribution is -2.36. The van der Waals surface area contributed by atoms with Crippen LogP contribution in [-0.4, -0.2) is 34.6 Å². The molecule has 1 aliphatic heterocycles. The minimum absolute atomic E-state index is 0.239. The van der Waals surface area contributed by atoms with Crippen LogP contribution in [0.3, 0.4) is 0 Å². The van der Waals surface area contributed by atoms with Crippen LogP contribution in [0.4, 0.5) is 4.39 Å². The fraction of sp³-hybridized carbons (Fsp3) is 0.412. The topological polar surface area (TPSA) is 33.2 Å². The van der Waals surface area contributed by atoms with Crippen LogP contribution >= 0.6 is 23.1 Å². The fourth-order valence-corrected chi connectivity index (χ4v) is 4.32. The number of hydrogen-bond donors (Lipinski definition) is 0. The van der Waals surface area contributed by atoms with Gasteiger partial charge in [0.25, 0.3) is 0 Å². The van der Waals surface area contributed by atoms with Gasteiger partial charge in [-0.15, -0.1) is 23.1 Å². The van der Waals surface area contributed by atoms with Gasteiger partial charge in [0.2, 0.25) is 5.91 Å². The van der Waals surface area contributed by atoms with Crippen LogP contribution in [0, 0.1) is 5.82 Å². The SMILES string of the molecule is O=C(CSCc1csc(-c2ccc(F)cc2)n1)N1CCCCC1. The number of nitrogens with zero attached hydrogens (tertiary/aromatic N) is 2. The highest BCUT2D eigenvalue weighted by Gasteiger charge is 2.16. The molecule has 1 aliphatic rings. The number of hydrogen-bond acceptors (Lipinski definition) is 4. The number of thioether (sulfide) groups is 1. The molecule has 0 N–H and O–H groups in total. The summed E-state index contributed by atoms with van der Waals surface area (Å²) in [6.45, 7) is 1.82. The second-order valence-electron chi connectivity index (χ2n) is 5.59. The Morgan fingerprint density at radius 3 is 2.70 bits per heavy atom. The zero-order valence-corrected chi connectivity index (χ0v) is 14.5. The molecular weight excluding hydrogens is 331 g/mol. The average Bonchev–Trinajstić information content (AvgIpc) is 3.05. The van der Waals surface area contributed by atoms with Gasteiger partial charge in [-0.3, -0.25) is 4.79 Å². The molecule has 0 aliphatic carbocycles. The normalized spacial score (nSPS) is 14.9. The molecule has 0 unspecified atom stereocenters. The molecule has 1 amide bonds. The monoisotopic (exact) mass is 350 g/mol. The Labute approximate surface area is 143 Å². The molecule has 1 aromatic carbocycles. The maximum absolute atomic E-state index is 12.9. The summed E-state index contributed by atoms with van der Waals surface area (Å²) in [6.07, 6.45) is 3.49. The van der Waals surface area contributed by atoms with E-state index in [2.05, 4.69) is 4.98 Å². The molecule has 0 bridgehead atoms. The Kier molecular flexibility index (Phi) is 5.67. The highest BCUT2D eigenvalue weighted by molar-refractivity contribution is 7.99. The minimum Gasteiger partial charge on any atom is -0.342 e. The van der Waals surface area contributed by atoms with Crippen molar-refractivity contribution in [3.05, 3.63) is 41.2 Å². The molecular formula is C17H19FN2OS2. The predicted molar refractivity (Wildman–Crippen MR) is 94.1 cm³/mol. The third-order valence-electron chi connectivity index (χ3n) is 3.83. The van der Waals surface area contributed by atoms with Crippen LogP contribution < -0.4 is 0 Å². The summed E-state index contributed by atoms with van der Waals surface area (Å²) in [5, 5.41) is 2.90. The number of aromatic nitrogens is 1. The van der Waals surface area contributed by atoms with Gasteiger partial charge in [0.1, 0.15) is 10.8 Å². The summed E-state index contributed by atoms with van der Waals surface area (Å²) in [6, 6.07) is 6.38. The van der Waals surface area contributed by atoms with E-state index >= 15 is 0 Å². The van der Waals surface area contributed by atoms with Crippen LogP contribution in [0.15, 0.2) is 29.6 Å². The number of carbonyl (C=O) groups is 1. The number of carbonyl (C=O) groups excluding carboxylic acids is 1. The zero-order valence-electron chi connectivity index (χ0n) is 12.8.